The zero-order chi connectivity index (χ0) is 20.0. The first-order valence-corrected chi connectivity index (χ1v) is 7.98. The smallest absolute Gasteiger partial charge is 0.333 e. The summed E-state index contributed by atoms with van der Waals surface area (Å²) in [5.41, 5.74) is -2.06. The second kappa shape index (κ2) is 8.35. The number of hydrogen-bond donors (Lipinski definition) is 2. The molecule has 0 saturated carbocycles. The quantitative estimate of drug-likeness (QED) is 0.432. The lowest BCUT2D eigenvalue weighted by molar-refractivity contribution is -0.157. The van der Waals surface area contributed by atoms with Gasteiger partial charge in [0.25, 0.3) is 0 Å². The molecule has 2 rings (SSSR count). The SMILES string of the molecule is C=CCOC1C(=C=O)C=C(C(=O)O)C(N=Nc2ccccc2)C1(C)C(=O)O. The fourth-order valence-corrected chi connectivity index (χ4v) is 2.83. The molecule has 0 aromatic heterocycles. The molecule has 0 bridgehead atoms. The molecule has 8 heteroatoms. The Labute approximate surface area is 155 Å². The third-order valence-electron chi connectivity index (χ3n) is 4.25. The van der Waals surface area contributed by atoms with Crippen molar-refractivity contribution in [1.29, 1.82) is 0 Å². The van der Waals surface area contributed by atoms with Gasteiger partial charge in [0.2, 0.25) is 0 Å². The zero-order valence-electron chi connectivity index (χ0n) is 14.5. The van der Waals surface area contributed by atoms with E-state index < -0.39 is 29.5 Å². The maximum absolute atomic E-state index is 12.1. The molecule has 140 valence electrons. The topological polar surface area (TPSA) is 126 Å². The van der Waals surface area contributed by atoms with Gasteiger partial charge in [-0.1, -0.05) is 24.3 Å². The lowest BCUT2D eigenvalue weighted by atomic mass is 9.68. The summed E-state index contributed by atoms with van der Waals surface area (Å²) in [7, 11) is 0. The molecule has 1 aliphatic rings. The third-order valence-corrected chi connectivity index (χ3v) is 4.25. The molecule has 0 aliphatic heterocycles. The summed E-state index contributed by atoms with van der Waals surface area (Å²) in [5, 5.41) is 27.4. The van der Waals surface area contributed by atoms with E-state index in [1.807, 2.05) is 0 Å². The van der Waals surface area contributed by atoms with Gasteiger partial charge in [-0.2, -0.15) is 10.2 Å². The first-order valence-electron chi connectivity index (χ1n) is 7.98. The molecule has 1 aromatic rings. The first kappa shape index (κ1) is 20.0. The lowest BCUT2D eigenvalue weighted by Crippen LogP contribution is -2.54. The largest absolute Gasteiger partial charge is 0.481 e. The number of nitrogens with zero attached hydrogens (tertiary/aromatic N) is 2. The normalized spacial score (nSPS) is 24.9. The molecule has 0 heterocycles. The average molecular weight is 370 g/mol. The number of carbonyl (C=O) groups excluding carboxylic acids is 1. The minimum Gasteiger partial charge on any atom is -0.481 e. The van der Waals surface area contributed by atoms with Crippen molar-refractivity contribution in [3.8, 4) is 0 Å². The second-order valence-corrected chi connectivity index (χ2v) is 6.01. The van der Waals surface area contributed by atoms with Crippen molar-refractivity contribution in [3.05, 3.63) is 60.2 Å². The number of carbonyl (C=O) groups is 2. The number of aliphatic carboxylic acids is 2. The average Bonchev–Trinajstić information content (AvgIpc) is 2.65. The zero-order valence-corrected chi connectivity index (χ0v) is 14.5. The van der Waals surface area contributed by atoms with Gasteiger partial charge in [0.1, 0.15) is 23.5 Å². The minimum atomic E-state index is -1.89. The molecular weight excluding hydrogens is 352 g/mol. The maximum Gasteiger partial charge on any atom is 0.333 e. The van der Waals surface area contributed by atoms with Crippen LogP contribution in [0.25, 0.3) is 0 Å². The number of azo groups is 1. The Morgan fingerprint density at radius 3 is 2.52 bits per heavy atom. The van der Waals surface area contributed by atoms with E-state index in [1.54, 1.807) is 36.3 Å². The van der Waals surface area contributed by atoms with Gasteiger partial charge < -0.3 is 14.9 Å². The molecule has 2 N–H and O–H groups in total. The van der Waals surface area contributed by atoms with Crippen LogP contribution >= 0.6 is 0 Å². The van der Waals surface area contributed by atoms with Crippen LogP contribution in [0.15, 0.2) is 70.4 Å². The van der Waals surface area contributed by atoms with Gasteiger partial charge in [0.05, 0.1) is 23.4 Å². The van der Waals surface area contributed by atoms with Crippen LogP contribution in [0.4, 0.5) is 5.69 Å². The molecule has 3 unspecified atom stereocenters. The van der Waals surface area contributed by atoms with Crippen LogP contribution in [0.3, 0.4) is 0 Å². The summed E-state index contributed by atoms with van der Waals surface area (Å²) in [6, 6.07) is 7.07. The van der Waals surface area contributed by atoms with Crippen molar-refractivity contribution in [2.75, 3.05) is 6.61 Å². The number of carboxylic acids is 2. The monoisotopic (exact) mass is 370 g/mol. The summed E-state index contributed by atoms with van der Waals surface area (Å²) < 4.78 is 5.49. The summed E-state index contributed by atoms with van der Waals surface area (Å²) >= 11 is 0. The minimum absolute atomic E-state index is 0.0441. The molecule has 1 aliphatic carbocycles. The van der Waals surface area contributed by atoms with E-state index in [0.29, 0.717) is 5.69 Å². The first-order chi connectivity index (χ1) is 12.9. The number of benzene rings is 1. The molecule has 0 fully saturated rings. The van der Waals surface area contributed by atoms with Crippen LogP contribution in [0.1, 0.15) is 6.92 Å². The molecule has 3 atom stereocenters. The predicted molar refractivity (Wildman–Crippen MR) is 95.4 cm³/mol. The van der Waals surface area contributed by atoms with E-state index in [-0.39, 0.29) is 17.8 Å². The Kier molecular flexibility index (Phi) is 6.18. The van der Waals surface area contributed by atoms with E-state index in [4.69, 9.17) is 4.74 Å². The van der Waals surface area contributed by atoms with Crippen LogP contribution in [-0.4, -0.2) is 46.8 Å². The van der Waals surface area contributed by atoms with Gasteiger partial charge in [-0.15, -0.1) is 6.58 Å². The predicted octanol–water partition coefficient (Wildman–Crippen LogP) is 2.58. The van der Waals surface area contributed by atoms with Crippen molar-refractivity contribution in [2.45, 2.75) is 19.1 Å². The fraction of sp³-hybridized carbons (Fsp3) is 0.263. The highest BCUT2D eigenvalue weighted by molar-refractivity contribution is 5.94. The molecule has 0 saturated heterocycles. The number of ether oxygens (including phenoxy) is 1. The van der Waals surface area contributed by atoms with Crippen molar-refractivity contribution in [2.24, 2.45) is 15.6 Å². The third kappa shape index (κ3) is 3.92. The standard InChI is InChI=1S/C19H18N2O6/c1-3-9-27-16-12(11-22)10-14(17(23)24)15(19(16,2)18(25)26)21-20-13-7-5-4-6-8-13/h3-8,10,15-16H,1,9H2,2H3,(H,23,24)(H,25,26). The summed E-state index contributed by atoms with van der Waals surface area (Å²) in [6.45, 7) is 4.72. The van der Waals surface area contributed by atoms with E-state index in [0.717, 1.165) is 6.08 Å². The van der Waals surface area contributed by atoms with Crippen LogP contribution in [-0.2, 0) is 19.1 Å². The van der Waals surface area contributed by atoms with Gasteiger partial charge in [0, 0.05) is 0 Å². The van der Waals surface area contributed by atoms with Crippen molar-refractivity contribution in [3.63, 3.8) is 0 Å². The van der Waals surface area contributed by atoms with E-state index >= 15 is 0 Å². The summed E-state index contributed by atoms with van der Waals surface area (Å²) in [5.74, 6) is -1.21. The molecular formula is C19H18N2O6. The van der Waals surface area contributed by atoms with E-state index in [1.165, 1.54) is 13.0 Å². The van der Waals surface area contributed by atoms with Crippen molar-refractivity contribution >= 4 is 23.6 Å². The van der Waals surface area contributed by atoms with Gasteiger partial charge in [-0.3, -0.25) is 4.79 Å². The molecule has 0 radical (unpaired) electrons. The highest BCUT2D eigenvalue weighted by Gasteiger charge is 2.56. The number of carboxylic acid groups (broad SMARTS) is 2. The van der Waals surface area contributed by atoms with Crippen LogP contribution < -0.4 is 0 Å². The molecule has 8 nitrogen and oxygen atoms in total. The van der Waals surface area contributed by atoms with Crippen molar-refractivity contribution in [1.82, 2.24) is 0 Å². The Morgan fingerprint density at radius 2 is 2.00 bits per heavy atom. The highest BCUT2D eigenvalue weighted by atomic mass is 16.5. The molecule has 0 spiro atoms. The Bertz CT molecular complexity index is 854. The van der Waals surface area contributed by atoms with Gasteiger partial charge in [-0.05, 0) is 25.1 Å². The fourth-order valence-electron chi connectivity index (χ4n) is 2.83. The van der Waals surface area contributed by atoms with Crippen LogP contribution in [0, 0.1) is 5.41 Å². The van der Waals surface area contributed by atoms with Gasteiger partial charge in [0.15, 0.2) is 0 Å². The summed E-state index contributed by atoms with van der Waals surface area (Å²) in [4.78, 5) is 35.2. The summed E-state index contributed by atoms with van der Waals surface area (Å²) in [6.07, 6.45) is 1.16. The second-order valence-electron chi connectivity index (χ2n) is 6.01. The number of rotatable bonds is 7. The van der Waals surface area contributed by atoms with E-state index in [9.17, 15) is 24.6 Å². The van der Waals surface area contributed by atoms with Crippen LogP contribution in [0.5, 0.6) is 0 Å². The van der Waals surface area contributed by atoms with Crippen molar-refractivity contribution < 1.29 is 29.3 Å². The molecule has 0 amide bonds. The Balaban J connectivity index is 2.64. The molecule has 27 heavy (non-hydrogen) atoms. The van der Waals surface area contributed by atoms with Gasteiger partial charge >= 0.3 is 11.9 Å². The lowest BCUT2D eigenvalue weighted by Gasteiger charge is -2.40. The Morgan fingerprint density at radius 1 is 1.33 bits per heavy atom. The Hall–Kier alpha value is -3.35. The highest BCUT2D eigenvalue weighted by Crippen LogP contribution is 2.43. The van der Waals surface area contributed by atoms with Gasteiger partial charge in [-0.25, -0.2) is 9.59 Å². The van der Waals surface area contributed by atoms with E-state index in [2.05, 4.69) is 16.8 Å². The number of hydrogen-bond acceptors (Lipinski definition) is 6. The molecule has 1 aromatic carbocycles. The maximum atomic E-state index is 12.1. The van der Waals surface area contributed by atoms with Crippen LogP contribution in [0.2, 0.25) is 0 Å².